The molecule has 18 heavy (non-hydrogen) atoms. The van der Waals surface area contributed by atoms with Gasteiger partial charge in [-0.25, -0.2) is 0 Å². The minimum atomic E-state index is -0.750. The number of rotatable bonds is 3. The molecular weight excluding hydrogens is 341 g/mol. The van der Waals surface area contributed by atoms with Crippen molar-refractivity contribution in [2.45, 2.75) is 24.2 Å². The van der Waals surface area contributed by atoms with Gasteiger partial charge in [0.25, 0.3) is 0 Å². The highest BCUT2D eigenvalue weighted by Crippen LogP contribution is 2.34. The molecule has 3 N–H and O–H groups in total. The molecule has 0 aliphatic carbocycles. The van der Waals surface area contributed by atoms with Crippen LogP contribution in [0.15, 0.2) is 12.1 Å². The summed E-state index contributed by atoms with van der Waals surface area (Å²) in [7, 11) is 0. The SMILES string of the molecule is CC(C)Oc1cc(NN)c(Cl)cc1Cl.ClC(Cl)Cl. The maximum absolute atomic E-state index is 5.92. The largest absolute Gasteiger partial charge is 0.489 e. The van der Waals surface area contributed by atoms with Crippen molar-refractivity contribution >= 4 is 63.7 Å². The lowest BCUT2D eigenvalue weighted by atomic mass is 10.3. The smallest absolute Gasteiger partial charge is 0.180 e. The van der Waals surface area contributed by atoms with Crippen molar-refractivity contribution in [2.75, 3.05) is 5.43 Å². The fraction of sp³-hybridized carbons (Fsp3) is 0.400. The van der Waals surface area contributed by atoms with Gasteiger partial charge in [-0.2, -0.15) is 0 Å². The standard InChI is InChI=1S/C9H12Cl2N2O.CHCl3/c1-5(2)14-9-4-8(13-12)6(10)3-7(9)11;2-1(3)4/h3-5,13H,12H2,1-2H3;1H. The van der Waals surface area contributed by atoms with Crippen LogP contribution in [0.5, 0.6) is 5.75 Å². The first kappa shape index (κ1) is 18.2. The van der Waals surface area contributed by atoms with E-state index in [-0.39, 0.29) is 6.10 Å². The van der Waals surface area contributed by atoms with Gasteiger partial charge in [0, 0.05) is 6.07 Å². The van der Waals surface area contributed by atoms with Gasteiger partial charge in [-0.1, -0.05) is 58.0 Å². The van der Waals surface area contributed by atoms with Gasteiger partial charge < -0.3 is 10.2 Å². The Hall–Kier alpha value is 0.230. The summed E-state index contributed by atoms with van der Waals surface area (Å²) in [6, 6.07) is 3.26. The quantitative estimate of drug-likeness (QED) is 0.453. The molecule has 0 unspecified atom stereocenters. The number of hydrazine groups is 1. The Morgan fingerprint density at radius 3 is 2.00 bits per heavy atom. The molecule has 0 spiro atoms. The van der Waals surface area contributed by atoms with Gasteiger partial charge in [-0.3, -0.25) is 5.84 Å². The highest BCUT2D eigenvalue weighted by atomic mass is 35.6. The van der Waals surface area contributed by atoms with Crippen molar-refractivity contribution in [2.24, 2.45) is 5.84 Å². The third-order valence-electron chi connectivity index (χ3n) is 1.54. The number of ether oxygens (including phenoxy) is 1. The zero-order valence-corrected chi connectivity index (χ0v) is 13.5. The zero-order chi connectivity index (χ0) is 14.3. The van der Waals surface area contributed by atoms with Gasteiger partial charge in [0.1, 0.15) is 5.75 Å². The molecule has 0 amide bonds. The molecule has 0 atom stereocenters. The minimum absolute atomic E-state index is 0.0549. The van der Waals surface area contributed by atoms with E-state index in [0.29, 0.717) is 21.5 Å². The number of anilines is 1. The number of hydrogen-bond acceptors (Lipinski definition) is 3. The minimum Gasteiger partial charge on any atom is -0.489 e. The first-order valence-corrected chi connectivity index (χ1v) is 6.89. The van der Waals surface area contributed by atoms with Crippen LogP contribution in [0.1, 0.15) is 13.8 Å². The number of halogens is 5. The van der Waals surface area contributed by atoms with E-state index in [1.54, 1.807) is 12.1 Å². The molecule has 1 rings (SSSR count). The van der Waals surface area contributed by atoms with Crippen LogP contribution in [0.3, 0.4) is 0 Å². The zero-order valence-electron chi connectivity index (χ0n) is 9.68. The predicted molar refractivity (Wildman–Crippen MR) is 81.4 cm³/mol. The fourth-order valence-electron chi connectivity index (χ4n) is 0.984. The molecule has 0 aliphatic rings. The van der Waals surface area contributed by atoms with Gasteiger partial charge in [0.2, 0.25) is 0 Å². The van der Waals surface area contributed by atoms with Crippen LogP contribution in [0.25, 0.3) is 0 Å². The molecular formula is C10H13Cl5N2O. The molecule has 0 aromatic heterocycles. The summed E-state index contributed by atoms with van der Waals surface area (Å²) >= 11 is 26.2. The first-order chi connectivity index (χ1) is 8.27. The van der Waals surface area contributed by atoms with Crippen molar-refractivity contribution in [3.63, 3.8) is 0 Å². The summed E-state index contributed by atoms with van der Waals surface area (Å²) in [6.45, 7) is 3.83. The van der Waals surface area contributed by atoms with Crippen LogP contribution >= 0.6 is 58.0 Å². The number of nitrogens with one attached hydrogen (secondary N) is 1. The van der Waals surface area contributed by atoms with Gasteiger partial charge in [0.15, 0.2) is 4.30 Å². The molecule has 0 aliphatic heterocycles. The van der Waals surface area contributed by atoms with Crippen LogP contribution < -0.4 is 16.0 Å². The summed E-state index contributed by atoms with van der Waals surface area (Å²) in [5.74, 6) is 5.84. The Morgan fingerprint density at radius 2 is 1.61 bits per heavy atom. The fourth-order valence-corrected chi connectivity index (χ4v) is 1.47. The monoisotopic (exact) mass is 352 g/mol. The second kappa shape index (κ2) is 9.18. The van der Waals surface area contributed by atoms with Gasteiger partial charge in [0.05, 0.1) is 21.8 Å². The summed E-state index contributed by atoms with van der Waals surface area (Å²) in [5, 5.41) is 0.941. The van der Waals surface area contributed by atoms with E-state index in [1.165, 1.54) is 0 Å². The highest BCUT2D eigenvalue weighted by molar-refractivity contribution is 6.63. The van der Waals surface area contributed by atoms with E-state index in [9.17, 15) is 0 Å². The van der Waals surface area contributed by atoms with Crippen molar-refractivity contribution in [1.82, 2.24) is 0 Å². The topological polar surface area (TPSA) is 47.3 Å². The van der Waals surface area contributed by atoms with E-state index in [1.807, 2.05) is 13.8 Å². The van der Waals surface area contributed by atoms with Crippen LogP contribution in [0, 0.1) is 0 Å². The van der Waals surface area contributed by atoms with E-state index in [0.717, 1.165) is 0 Å². The van der Waals surface area contributed by atoms with Crippen molar-refractivity contribution in [3.05, 3.63) is 22.2 Å². The normalized spacial score (nSPS) is 10.1. The van der Waals surface area contributed by atoms with Crippen LogP contribution in [-0.4, -0.2) is 10.4 Å². The number of hydrogen-bond donors (Lipinski definition) is 2. The molecule has 104 valence electrons. The summed E-state index contributed by atoms with van der Waals surface area (Å²) < 4.78 is 4.71. The first-order valence-electron chi connectivity index (χ1n) is 4.82. The number of nitrogen functional groups attached to an aromatic ring is 1. The molecule has 1 aromatic rings. The molecule has 1 aromatic carbocycles. The highest BCUT2D eigenvalue weighted by Gasteiger charge is 2.08. The summed E-state index contributed by atoms with van der Waals surface area (Å²) in [5.41, 5.74) is 3.06. The second-order valence-corrected chi connectivity index (χ2v) is 6.11. The number of alkyl halides is 3. The van der Waals surface area contributed by atoms with Crippen LogP contribution in [0.4, 0.5) is 5.69 Å². The Labute approximate surface area is 131 Å². The van der Waals surface area contributed by atoms with Crippen molar-refractivity contribution in [3.8, 4) is 5.75 Å². The van der Waals surface area contributed by atoms with Gasteiger partial charge in [-0.15, -0.1) is 0 Å². The maximum Gasteiger partial charge on any atom is 0.180 e. The molecule has 0 fully saturated rings. The lowest BCUT2D eigenvalue weighted by Gasteiger charge is -2.13. The lowest BCUT2D eigenvalue weighted by molar-refractivity contribution is 0.242. The average Bonchev–Trinajstić information content (AvgIpc) is 2.20. The van der Waals surface area contributed by atoms with Crippen LogP contribution in [-0.2, 0) is 0 Å². The van der Waals surface area contributed by atoms with E-state index < -0.39 is 4.30 Å². The predicted octanol–water partition coefficient (Wildman–Crippen LogP) is 5.05. The van der Waals surface area contributed by atoms with E-state index in [4.69, 9.17) is 68.6 Å². The van der Waals surface area contributed by atoms with E-state index >= 15 is 0 Å². The molecule has 8 heteroatoms. The molecule has 0 bridgehead atoms. The molecule has 0 saturated heterocycles. The molecule has 0 heterocycles. The lowest BCUT2D eigenvalue weighted by Crippen LogP contribution is -2.09. The number of benzene rings is 1. The maximum atomic E-state index is 5.92. The molecule has 3 nitrogen and oxygen atoms in total. The average molecular weight is 354 g/mol. The Balaban J connectivity index is 0.000000631. The Morgan fingerprint density at radius 1 is 1.11 bits per heavy atom. The van der Waals surface area contributed by atoms with Gasteiger partial charge >= 0.3 is 0 Å². The number of nitrogens with two attached hydrogens (primary N) is 1. The summed E-state index contributed by atoms with van der Waals surface area (Å²) in [6.07, 6.45) is 0.0549. The Kier molecular flexibility index (Phi) is 9.30. The Bertz CT molecular complexity index is 371. The molecule has 0 radical (unpaired) electrons. The third kappa shape index (κ3) is 7.62. The summed E-state index contributed by atoms with van der Waals surface area (Å²) in [4.78, 5) is 0. The van der Waals surface area contributed by atoms with E-state index in [2.05, 4.69) is 5.43 Å². The second-order valence-electron chi connectivity index (χ2n) is 3.32. The van der Waals surface area contributed by atoms with Crippen LogP contribution in [0.2, 0.25) is 10.0 Å². The van der Waals surface area contributed by atoms with Gasteiger partial charge in [-0.05, 0) is 19.9 Å². The molecule has 0 saturated carbocycles. The van der Waals surface area contributed by atoms with Crippen molar-refractivity contribution < 1.29 is 4.74 Å². The van der Waals surface area contributed by atoms with Crippen molar-refractivity contribution in [1.29, 1.82) is 0 Å². The third-order valence-corrected chi connectivity index (χ3v) is 2.15.